The maximum atomic E-state index is 12.2. The summed E-state index contributed by atoms with van der Waals surface area (Å²) in [6.07, 6.45) is -0.597. The molecule has 1 N–H and O–H groups in total. The van der Waals surface area contributed by atoms with Crippen LogP contribution in [0.1, 0.15) is 6.92 Å². The highest BCUT2D eigenvalue weighted by Gasteiger charge is 2.17. The van der Waals surface area contributed by atoms with E-state index in [2.05, 4.69) is 26.2 Å². The molecule has 2 heterocycles. The van der Waals surface area contributed by atoms with Crippen molar-refractivity contribution in [3.63, 3.8) is 0 Å². The number of ether oxygens (including phenoxy) is 1. The van der Waals surface area contributed by atoms with Gasteiger partial charge in [0.25, 0.3) is 5.91 Å². The first kappa shape index (κ1) is 16.2. The lowest BCUT2D eigenvalue weighted by Gasteiger charge is -2.13. The zero-order chi connectivity index (χ0) is 16.2. The van der Waals surface area contributed by atoms with Gasteiger partial charge in [0.15, 0.2) is 11.2 Å². The Balaban J connectivity index is 1.63. The molecule has 0 aliphatic rings. The van der Waals surface area contributed by atoms with Crippen molar-refractivity contribution in [2.24, 2.45) is 0 Å². The molecule has 4 nitrogen and oxygen atoms in total. The molecule has 0 aliphatic heterocycles. The first-order valence-corrected chi connectivity index (χ1v) is 9.34. The van der Waals surface area contributed by atoms with Crippen LogP contribution < -0.4 is 10.1 Å². The number of halogens is 1. The van der Waals surface area contributed by atoms with Crippen LogP contribution in [0.3, 0.4) is 0 Å². The van der Waals surface area contributed by atoms with Crippen LogP contribution in [-0.2, 0) is 4.79 Å². The quantitative estimate of drug-likeness (QED) is 0.642. The van der Waals surface area contributed by atoms with E-state index in [4.69, 9.17) is 4.74 Å². The molecule has 0 saturated carbocycles. The number of rotatable bonds is 5. The Hall–Kier alpha value is -1.70. The predicted octanol–water partition coefficient (Wildman–Crippen LogP) is 5.04. The van der Waals surface area contributed by atoms with E-state index in [0.29, 0.717) is 10.9 Å². The lowest BCUT2D eigenvalue weighted by Crippen LogP contribution is -2.30. The molecule has 118 valence electrons. The predicted molar refractivity (Wildman–Crippen MR) is 98.3 cm³/mol. The van der Waals surface area contributed by atoms with E-state index in [9.17, 15) is 4.79 Å². The van der Waals surface area contributed by atoms with Crippen LogP contribution in [0.4, 0.5) is 5.13 Å². The number of hydrogen-bond acceptors (Lipinski definition) is 5. The van der Waals surface area contributed by atoms with E-state index in [1.807, 2.05) is 47.8 Å². The minimum absolute atomic E-state index is 0.220. The minimum Gasteiger partial charge on any atom is -0.481 e. The molecule has 0 spiro atoms. The van der Waals surface area contributed by atoms with E-state index in [0.717, 1.165) is 14.4 Å². The van der Waals surface area contributed by atoms with Gasteiger partial charge in [0.2, 0.25) is 0 Å². The molecule has 3 aromatic rings. The van der Waals surface area contributed by atoms with E-state index < -0.39 is 6.10 Å². The monoisotopic (exact) mass is 408 g/mol. The van der Waals surface area contributed by atoms with Crippen molar-refractivity contribution in [3.8, 4) is 16.3 Å². The van der Waals surface area contributed by atoms with Crippen molar-refractivity contribution in [2.45, 2.75) is 13.0 Å². The molecule has 1 aromatic carbocycles. The summed E-state index contributed by atoms with van der Waals surface area (Å²) in [5.74, 6) is 0.445. The Morgan fingerprint density at radius 2 is 2.04 bits per heavy atom. The molecule has 0 fully saturated rings. The third kappa shape index (κ3) is 4.19. The maximum absolute atomic E-state index is 12.2. The Morgan fingerprint density at radius 1 is 1.26 bits per heavy atom. The number of thiophene rings is 1. The molecule has 1 atom stereocenters. The van der Waals surface area contributed by atoms with E-state index in [1.165, 1.54) is 11.3 Å². The molecule has 0 saturated heterocycles. The van der Waals surface area contributed by atoms with E-state index in [-0.39, 0.29) is 5.91 Å². The number of aromatic nitrogens is 1. The lowest BCUT2D eigenvalue weighted by molar-refractivity contribution is -0.122. The molecule has 1 unspecified atom stereocenters. The molecule has 0 aliphatic carbocycles. The van der Waals surface area contributed by atoms with Gasteiger partial charge in [-0.3, -0.25) is 10.1 Å². The van der Waals surface area contributed by atoms with Crippen LogP contribution in [0.5, 0.6) is 5.75 Å². The number of hydrogen-bond donors (Lipinski definition) is 1. The highest BCUT2D eigenvalue weighted by molar-refractivity contribution is 9.11. The average molecular weight is 409 g/mol. The first-order chi connectivity index (χ1) is 11.1. The number of amides is 1. The van der Waals surface area contributed by atoms with Crippen LogP contribution in [0.15, 0.2) is 51.6 Å². The van der Waals surface area contributed by atoms with Crippen molar-refractivity contribution in [2.75, 3.05) is 5.32 Å². The minimum atomic E-state index is -0.597. The van der Waals surface area contributed by atoms with Gasteiger partial charge in [-0.1, -0.05) is 18.2 Å². The summed E-state index contributed by atoms with van der Waals surface area (Å²) in [6.45, 7) is 1.72. The fraction of sp³-hybridized carbons (Fsp3) is 0.125. The molecular formula is C16H13BrN2O2S2. The molecule has 0 bridgehead atoms. The smallest absolute Gasteiger partial charge is 0.266 e. The van der Waals surface area contributed by atoms with Crippen molar-refractivity contribution in [1.29, 1.82) is 0 Å². The van der Waals surface area contributed by atoms with E-state index in [1.54, 1.807) is 18.3 Å². The summed E-state index contributed by atoms with van der Waals surface area (Å²) in [6, 6.07) is 13.2. The number of para-hydroxylation sites is 1. The molecule has 23 heavy (non-hydrogen) atoms. The van der Waals surface area contributed by atoms with Gasteiger partial charge in [-0.25, -0.2) is 4.98 Å². The second-order valence-electron chi connectivity index (χ2n) is 4.70. The highest BCUT2D eigenvalue weighted by atomic mass is 79.9. The third-order valence-corrected chi connectivity index (χ3v) is 5.39. The fourth-order valence-corrected chi connectivity index (χ4v) is 3.99. The summed E-state index contributed by atoms with van der Waals surface area (Å²) in [7, 11) is 0. The first-order valence-electron chi connectivity index (χ1n) is 6.85. The highest BCUT2D eigenvalue weighted by Crippen LogP contribution is 2.33. The van der Waals surface area contributed by atoms with Gasteiger partial charge in [-0.05, 0) is 47.1 Å². The van der Waals surface area contributed by atoms with Crippen molar-refractivity contribution >= 4 is 49.6 Å². The molecule has 3 rings (SSSR count). The molecule has 7 heteroatoms. The van der Waals surface area contributed by atoms with Gasteiger partial charge in [-0.2, -0.15) is 0 Å². The maximum Gasteiger partial charge on any atom is 0.266 e. The van der Waals surface area contributed by atoms with Gasteiger partial charge < -0.3 is 4.74 Å². The number of nitrogens with zero attached hydrogens (tertiary/aromatic N) is 1. The SMILES string of the molecule is CC(Oc1ccccc1)C(=O)Nc1nc(-c2ccc(Br)s2)cs1. The van der Waals surface area contributed by atoms with Crippen LogP contribution in [0.25, 0.3) is 10.6 Å². The van der Waals surface area contributed by atoms with Crippen molar-refractivity contribution < 1.29 is 9.53 Å². The number of benzene rings is 1. The normalized spacial score (nSPS) is 11.9. The third-order valence-electron chi connectivity index (χ3n) is 2.99. The number of anilines is 1. The summed E-state index contributed by atoms with van der Waals surface area (Å²) >= 11 is 6.44. The zero-order valence-corrected chi connectivity index (χ0v) is 15.4. The molecule has 0 radical (unpaired) electrons. The van der Waals surface area contributed by atoms with Crippen molar-refractivity contribution in [3.05, 3.63) is 51.6 Å². The summed E-state index contributed by atoms with van der Waals surface area (Å²) < 4.78 is 6.66. The van der Waals surface area contributed by atoms with Gasteiger partial charge in [0, 0.05) is 5.38 Å². The van der Waals surface area contributed by atoms with Gasteiger partial charge in [0.05, 0.1) is 14.4 Å². The average Bonchev–Trinajstić information content (AvgIpc) is 3.17. The Kier molecular flexibility index (Phi) is 5.09. The summed E-state index contributed by atoms with van der Waals surface area (Å²) in [5.41, 5.74) is 0.859. The number of carbonyl (C=O) groups excluding carboxylic acids is 1. The molecule has 2 aromatic heterocycles. The topological polar surface area (TPSA) is 51.2 Å². The fourth-order valence-electron chi connectivity index (χ4n) is 1.86. The van der Waals surface area contributed by atoms with Crippen LogP contribution in [-0.4, -0.2) is 17.0 Å². The lowest BCUT2D eigenvalue weighted by atomic mass is 10.3. The summed E-state index contributed by atoms with van der Waals surface area (Å²) in [5, 5.41) is 5.29. The standard InChI is InChI=1S/C16H13BrN2O2S2/c1-10(21-11-5-3-2-4-6-11)15(20)19-16-18-12(9-22-16)13-7-8-14(17)23-13/h2-10H,1H3,(H,18,19,20). The van der Waals surface area contributed by atoms with Crippen LogP contribution >= 0.6 is 38.6 Å². The summed E-state index contributed by atoms with van der Waals surface area (Å²) in [4.78, 5) is 17.7. The Labute approximate surface area is 150 Å². The largest absolute Gasteiger partial charge is 0.481 e. The molecular weight excluding hydrogens is 396 g/mol. The van der Waals surface area contributed by atoms with Gasteiger partial charge >= 0.3 is 0 Å². The number of nitrogens with one attached hydrogen (secondary N) is 1. The number of thiazole rings is 1. The zero-order valence-electron chi connectivity index (χ0n) is 12.2. The second-order valence-corrected chi connectivity index (χ2v) is 8.03. The van der Waals surface area contributed by atoms with Crippen LogP contribution in [0, 0.1) is 0 Å². The van der Waals surface area contributed by atoms with Crippen LogP contribution in [0.2, 0.25) is 0 Å². The molecule has 1 amide bonds. The van der Waals surface area contributed by atoms with E-state index >= 15 is 0 Å². The Morgan fingerprint density at radius 3 is 2.74 bits per heavy atom. The second kappa shape index (κ2) is 7.25. The number of carbonyl (C=O) groups is 1. The van der Waals surface area contributed by atoms with Gasteiger partial charge in [0.1, 0.15) is 5.75 Å². The van der Waals surface area contributed by atoms with Gasteiger partial charge in [-0.15, -0.1) is 22.7 Å². The Bertz CT molecular complexity index is 801. The van der Waals surface area contributed by atoms with Crippen molar-refractivity contribution in [1.82, 2.24) is 4.98 Å².